The quantitative estimate of drug-likeness (QED) is 0.539. The number of phenolic OH excluding ortho intramolecular Hbond substituents is 1. The number of ether oxygens (including phenoxy) is 1. The van der Waals surface area contributed by atoms with Crippen molar-refractivity contribution in [2.45, 2.75) is 25.7 Å². The van der Waals surface area contributed by atoms with Crippen molar-refractivity contribution in [3.63, 3.8) is 0 Å². The Morgan fingerprint density at radius 1 is 1.04 bits per heavy atom. The van der Waals surface area contributed by atoms with Crippen LogP contribution in [0.1, 0.15) is 24.0 Å². The molecule has 0 atom stereocenters. The number of benzene rings is 2. The summed E-state index contributed by atoms with van der Waals surface area (Å²) in [6.45, 7) is 0. The Morgan fingerprint density at radius 3 is 2.73 bits per heavy atom. The Bertz CT molecular complexity index is 1140. The minimum atomic E-state index is 0.203. The second kappa shape index (κ2) is 5.77. The molecule has 26 heavy (non-hydrogen) atoms. The normalized spacial score (nSPS) is 13.9. The molecule has 0 aliphatic heterocycles. The lowest BCUT2D eigenvalue weighted by Crippen LogP contribution is -2.08. The summed E-state index contributed by atoms with van der Waals surface area (Å²) in [7, 11) is 1.63. The van der Waals surface area contributed by atoms with Gasteiger partial charge in [0.1, 0.15) is 11.5 Å². The number of nitrogens with zero attached hydrogens (tertiary/aromatic N) is 1. The zero-order chi connectivity index (χ0) is 17.7. The van der Waals surface area contributed by atoms with Crippen LogP contribution in [0.25, 0.3) is 33.1 Å². The van der Waals surface area contributed by atoms with E-state index < -0.39 is 0 Å². The number of methoxy groups -OCH3 is 1. The van der Waals surface area contributed by atoms with Gasteiger partial charge in [-0.05, 0) is 67.1 Å². The number of rotatable bonds is 2. The van der Waals surface area contributed by atoms with Gasteiger partial charge in [-0.3, -0.25) is 0 Å². The Balaban J connectivity index is 1.88. The molecule has 0 radical (unpaired) electrons. The van der Waals surface area contributed by atoms with Crippen LogP contribution in [-0.4, -0.2) is 22.2 Å². The average Bonchev–Trinajstić information content (AvgIpc) is 3.16. The number of aryl methyl sites for hydroxylation is 1. The van der Waals surface area contributed by atoms with Crippen LogP contribution in [0.2, 0.25) is 0 Å². The predicted octanol–water partition coefficient (Wildman–Crippen LogP) is 4.98. The molecule has 0 saturated carbocycles. The molecule has 5 rings (SSSR count). The number of aromatic nitrogens is 2. The molecule has 0 saturated heterocycles. The van der Waals surface area contributed by atoms with E-state index in [0.717, 1.165) is 35.1 Å². The maximum Gasteiger partial charge on any atom is 0.131 e. The van der Waals surface area contributed by atoms with Gasteiger partial charge in [0.25, 0.3) is 0 Å². The SMILES string of the molecule is COc1cc(O)ccc1-c1nc2ccc3[nH]ccc3c2c2c1CCCC2. The molecular formula is C22H20N2O2. The summed E-state index contributed by atoms with van der Waals surface area (Å²) in [5.41, 5.74) is 6.83. The number of nitrogens with one attached hydrogen (secondary N) is 1. The van der Waals surface area contributed by atoms with Crippen LogP contribution < -0.4 is 4.74 Å². The molecule has 2 aromatic heterocycles. The van der Waals surface area contributed by atoms with E-state index >= 15 is 0 Å². The third-order valence-corrected chi connectivity index (χ3v) is 5.44. The maximum absolute atomic E-state index is 9.82. The molecule has 1 aliphatic carbocycles. The number of pyridine rings is 1. The summed E-state index contributed by atoms with van der Waals surface area (Å²) >= 11 is 0. The molecule has 2 heterocycles. The summed E-state index contributed by atoms with van der Waals surface area (Å²) < 4.78 is 5.54. The van der Waals surface area contributed by atoms with E-state index in [-0.39, 0.29) is 5.75 Å². The largest absolute Gasteiger partial charge is 0.508 e. The van der Waals surface area contributed by atoms with E-state index in [9.17, 15) is 5.11 Å². The zero-order valence-electron chi connectivity index (χ0n) is 14.7. The molecule has 4 aromatic rings. The zero-order valence-corrected chi connectivity index (χ0v) is 14.7. The van der Waals surface area contributed by atoms with Crippen LogP contribution in [0, 0.1) is 0 Å². The fraction of sp³-hybridized carbons (Fsp3) is 0.227. The van der Waals surface area contributed by atoms with Gasteiger partial charge in [0.15, 0.2) is 0 Å². The van der Waals surface area contributed by atoms with E-state index in [1.165, 1.54) is 34.7 Å². The van der Waals surface area contributed by atoms with Crippen molar-refractivity contribution in [2.24, 2.45) is 0 Å². The Kier molecular flexibility index (Phi) is 3.38. The number of fused-ring (bicyclic) bond motifs is 5. The molecule has 2 N–H and O–H groups in total. The first-order valence-electron chi connectivity index (χ1n) is 9.05. The Morgan fingerprint density at radius 2 is 1.88 bits per heavy atom. The van der Waals surface area contributed by atoms with Crippen molar-refractivity contribution < 1.29 is 9.84 Å². The summed E-state index contributed by atoms with van der Waals surface area (Å²) in [6.07, 6.45) is 6.48. The standard InChI is InChI=1S/C22H20N2O2/c1-26-20-12-13(25)6-7-17(20)22-15-5-3-2-4-14(15)21-16-10-11-23-18(16)8-9-19(21)24-22/h6-12,23,25H,2-5H2,1H3. The lowest BCUT2D eigenvalue weighted by Gasteiger charge is -2.22. The van der Waals surface area contributed by atoms with Gasteiger partial charge in [0.2, 0.25) is 0 Å². The first-order chi connectivity index (χ1) is 12.8. The Hall–Kier alpha value is -3.01. The van der Waals surface area contributed by atoms with Crippen LogP contribution in [0.4, 0.5) is 0 Å². The summed E-state index contributed by atoms with van der Waals surface area (Å²) in [5, 5.41) is 12.3. The number of H-pyrrole nitrogens is 1. The fourth-order valence-electron chi connectivity index (χ4n) is 4.26. The number of hydrogen-bond donors (Lipinski definition) is 2. The molecule has 0 fully saturated rings. The van der Waals surface area contributed by atoms with E-state index in [1.807, 2.05) is 12.3 Å². The van der Waals surface area contributed by atoms with Crippen LogP contribution in [-0.2, 0) is 12.8 Å². The molecule has 0 amide bonds. The van der Waals surface area contributed by atoms with E-state index in [2.05, 4.69) is 23.2 Å². The van der Waals surface area contributed by atoms with Gasteiger partial charge in [-0.25, -0.2) is 4.98 Å². The third kappa shape index (κ3) is 2.18. The van der Waals surface area contributed by atoms with Crippen molar-refractivity contribution in [1.29, 1.82) is 0 Å². The summed E-state index contributed by atoms with van der Waals surface area (Å²) in [4.78, 5) is 8.36. The van der Waals surface area contributed by atoms with Gasteiger partial charge >= 0.3 is 0 Å². The van der Waals surface area contributed by atoms with Gasteiger partial charge in [-0.2, -0.15) is 0 Å². The number of aromatic amines is 1. The van der Waals surface area contributed by atoms with Crippen LogP contribution in [0.15, 0.2) is 42.6 Å². The summed E-state index contributed by atoms with van der Waals surface area (Å²) in [5.74, 6) is 0.863. The minimum Gasteiger partial charge on any atom is -0.508 e. The van der Waals surface area contributed by atoms with Crippen molar-refractivity contribution >= 4 is 21.8 Å². The third-order valence-electron chi connectivity index (χ3n) is 5.44. The van der Waals surface area contributed by atoms with Crippen LogP contribution in [0.5, 0.6) is 11.5 Å². The smallest absolute Gasteiger partial charge is 0.131 e. The second-order valence-electron chi connectivity index (χ2n) is 6.91. The molecular weight excluding hydrogens is 324 g/mol. The molecule has 0 unspecified atom stereocenters. The monoisotopic (exact) mass is 344 g/mol. The predicted molar refractivity (Wildman–Crippen MR) is 104 cm³/mol. The first kappa shape index (κ1) is 15.3. The highest BCUT2D eigenvalue weighted by Gasteiger charge is 2.22. The van der Waals surface area contributed by atoms with Gasteiger partial charge in [-0.15, -0.1) is 0 Å². The molecule has 2 aromatic carbocycles. The van der Waals surface area contributed by atoms with E-state index in [4.69, 9.17) is 9.72 Å². The van der Waals surface area contributed by atoms with Crippen molar-refractivity contribution in [3.05, 3.63) is 53.7 Å². The van der Waals surface area contributed by atoms with Crippen LogP contribution >= 0.6 is 0 Å². The van der Waals surface area contributed by atoms with Crippen molar-refractivity contribution in [3.8, 4) is 22.8 Å². The van der Waals surface area contributed by atoms with E-state index in [0.29, 0.717) is 5.75 Å². The molecule has 1 aliphatic rings. The van der Waals surface area contributed by atoms with E-state index in [1.54, 1.807) is 19.2 Å². The second-order valence-corrected chi connectivity index (χ2v) is 6.91. The van der Waals surface area contributed by atoms with Gasteiger partial charge in [0.05, 0.1) is 18.3 Å². The topological polar surface area (TPSA) is 58.1 Å². The fourth-order valence-corrected chi connectivity index (χ4v) is 4.26. The highest BCUT2D eigenvalue weighted by Crippen LogP contribution is 2.41. The number of phenols is 1. The van der Waals surface area contributed by atoms with Crippen molar-refractivity contribution in [2.75, 3.05) is 7.11 Å². The molecule has 130 valence electrons. The van der Waals surface area contributed by atoms with Gasteiger partial charge in [0, 0.05) is 34.1 Å². The van der Waals surface area contributed by atoms with Gasteiger partial charge < -0.3 is 14.8 Å². The molecule has 0 bridgehead atoms. The van der Waals surface area contributed by atoms with Crippen LogP contribution in [0.3, 0.4) is 0 Å². The highest BCUT2D eigenvalue weighted by molar-refractivity contribution is 6.08. The number of hydrogen-bond acceptors (Lipinski definition) is 3. The average molecular weight is 344 g/mol. The number of aromatic hydroxyl groups is 1. The maximum atomic E-state index is 9.82. The lowest BCUT2D eigenvalue weighted by molar-refractivity contribution is 0.409. The summed E-state index contributed by atoms with van der Waals surface area (Å²) in [6, 6.07) is 11.6. The lowest BCUT2D eigenvalue weighted by atomic mass is 9.85. The van der Waals surface area contributed by atoms with Gasteiger partial charge in [-0.1, -0.05) is 0 Å². The molecule has 4 nitrogen and oxygen atoms in total. The molecule has 4 heteroatoms. The Labute approximate surface area is 151 Å². The minimum absolute atomic E-state index is 0.203. The first-order valence-corrected chi connectivity index (χ1v) is 9.05. The molecule has 0 spiro atoms. The van der Waals surface area contributed by atoms with Crippen molar-refractivity contribution in [1.82, 2.24) is 9.97 Å². The highest BCUT2D eigenvalue weighted by atomic mass is 16.5.